The Kier molecular flexibility index (Phi) is 1.65. The van der Waals surface area contributed by atoms with Crippen molar-refractivity contribution in [2.24, 2.45) is 10.5 Å². The van der Waals surface area contributed by atoms with Crippen LogP contribution in [0.5, 0.6) is 0 Å². The summed E-state index contributed by atoms with van der Waals surface area (Å²) in [6.45, 7) is 6.49. The minimum absolute atomic E-state index is 0.147. The third-order valence-corrected chi connectivity index (χ3v) is 2.13. The number of nitrogens with zero attached hydrogens (tertiary/aromatic N) is 4. The summed E-state index contributed by atoms with van der Waals surface area (Å²) in [7, 11) is 0. The predicted molar refractivity (Wildman–Crippen MR) is 47.4 cm³/mol. The summed E-state index contributed by atoms with van der Waals surface area (Å²) in [4.78, 5) is 0. The van der Waals surface area contributed by atoms with Gasteiger partial charge in [-0.05, 0) is 16.0 Å². The zero-order valence-electron chi connectivity index (χ0n) is 8.10. The molecular weight excluding hydrogens is 164 g/mol. The number of hydrogen-bond acceptors (Lipinski definition) is 3. The minimum atomic E-state index is 0.147. The largest absolute Gasteiger partial charge is 0.183 e. The molecule has 0 saturated heterocycles. The second-order valence-electron chi connectivity index (χ2n) is 4.33. The molecule has 0 amide bonds. The first-order chi connectivity index (χ1) is 6.07. The summed E-state index contributed by atoms with van der Waals surface area (Å²) in [5, 5.41) is 13.1. The smallest absolute Gasteiger partial charge is 0.0864 e. The Balaban J connectivity index is 2.53. The van der Waals surface area contributed by atoms with E-state index in [1.165, 1.54) is 0 Å². The van der Waals surface area contributed by atoms with Gasteiger partial charge in [-0.25, -0.2) is 0 Å². The molecule has 1 unspecified atom stereocenters. The van der Waals surface area contributed by atoms with Crippen molar-refractivity contribution in [1.29, 1.82) is 0 Å². The summed E-state index contributed by atoms with van der Waals surface area (Å²) >= 11 is 0. The van der Waals surface area contributed by atoms with Crippen molar-refractivity contribution in [3.05, 3.63) is 17.6 Å². The molecular formula is C9H13N4+. The highest BCUT2D eigenvalue weighted by Crippen LogP contribution is 2.23. The molecule has 1 atom stereocenters. The van der Waals surface area contributed by atoms with Gasteiger partial charge in [0.15, 0.2) is 16.8 Å². The van der Waals surface area contributed by atoms with Crippen molar-refractivity contribution >= 4 is 6.08 Å². The summed E-state index contributed by atoms with van der Waals surface area (Å²) in [6, 6.07) is 2.12. The minimum Gasteiger partial charge on any atom is -0.0864 e. The van der Waals surface area contributed by atoms with Crippen LogP contribution in [0.1, 0.15) is 20.8 Å². The van der Waals surface area contributed by atoms with Gasteiger partial charge in [0.2, 0.25) is 0 Å². The van der Waals surface area contributed by atoms with Crippen LogP contribution in [0.15, 0.2) is 17.4 Å². The Hall–Kier alpha value is -1.32. The van der Waals surface area contributed by atoms with Crippen LogP contribution in [0.4, 0.5) is 0 Å². The molecule has 1 aromatic rings. The molecule has 2 heterocycles. The zero-order chi connectivity index (χ0) is 9.47. The molecule has 4 heteroatoms. The van der Waals surface area contributed by atoms with E-state index in [2.05, 4.69) is 42.3 Å². The molecule has 1 aliphatic heterocycles. The van der Waals surface area contributed by atoms with Crippen LogP contribution in [0.3, 0.4) is 0 Å². The fourth-order valence-electron chi connectivity index (χ4n) is 1.25. The van der Waals surface area contributed by atoms with E-state index in [4.69, 9.17) is 0 Å². The van der Waals surface area contributed by atoms with Gasteiger partial charge < -0.3 is 0 Å². The standard InChI is InChI=1S/C9H13N4/c1-9(2,3)8-6-7-4-5-10-12-13(7)11-8/h4-6,8H,1-3H3/q+1. The van der Waals surface area contributed by atoms with E-state index < -0.39 is 0 Å². The SMILES string of the molecule is CC(C)(C)C1C=c2ccnn[n+]2=N1. The molecule has 0 radical (unpaired) electrons. The van der Waals surface area contributed by atoms with Crippen LogP contribution in [-0.4, -0.2) is 16.4 Å². The van der Waals surface area contributed by atoms with Crippen molar-refractivity contribution < 1.29 is 4.48 Å². The molecule has 0 aliphatic carbocycles. The van der Waals surface area contributed by atoms with Gasteiger partial charge in [-0.15, -0.1) is 0 Å². The third-order valence-electron chi connectivity index (χ3n) is 2.13. The second-order valence-corrected chi connectivity index (χ2v) is 4.33. The molecule has 4 nitrogen and oxygen atoms in total. The van der Waals surface area contributed by atoms with Gasteiger partial charge >= 0.3 is 0 Å². The summed E-state index contributed by atoms with van der Waals surface area (Å²) in [5.74, 6) is 0. The molecule has 0 spiro atoms. The lowest BCUT2D eigenvalue weighted by atomic mass is 9.87. The molecule has 0 bridgehead atoms. The lowest BCUT2D eigenvalue weighted by molar-refractivity contribution is -0.630. The van der Waals surface area contributed by atoms with E-state index in [-0.39, 0.29) is 11.5 Å². The van der Waals surface area contributed by atoms with E-state index >= 15 is 0 Å². The van der Waals surface area contributed by atoms with Crippen LogP contribution in [0.25, 0.3) is 6.08 Å². The van der Waals surface area contributed by atoms with Crippen molar-refractivity contribution in [3.63, 3.8) is 0 Å². The van der Waals surface area contributed by atoms with Crippen LogP contribution in [-0.2, 0) is 0 Å². The van der Waals surface area contributed by atoms with Crippen LogP contribution in [0, 0.1) is 5.41 Å². The molecule has 1 aromatic heterocycles. The highest BCUT2D eigenvalue weighted by atomic mass is 15.5. The summed E-state index contributed by atoms with van der Waals surface area (Å²) < 4.78 is 1.59. The first-order valence-corrected chi connectivity index (χ1v) is 4.37. The van der Waals surface area contributed by atoms with Crippen molar-refractivity contribution in [3.8, 4) is 0 Å². The van der Waals surface area contributed by atoms with Crippen molar-refractivity contribution in [2.75, 3.05) is 0 Å². The monoisotopic (exact) mass is 177 g/mol. The molecule has 0 saturated carbocycles. The van der Waals surface area contributed by atoms with Gasteiger partial charge in [0, 0.05) is 6.07 Å². The maximum atomic E-state index is 4.41. The second kappa shape index (κ2) is 2.58. The molecule has 0 N–H and O–H groups in total. The quantitative estimate of drug-likeness (QED) is 0.524. The van der Waals surface area contributed by atoms with E-state index in [9.17, 15) is 0 Å². The summed E-state index contributed by atoms with van der Waals surface area (Å²) in [5.41, 5.74) is 0.147. The number of hydrogen-bond donors (Lipinski definition) is 0. The topological polar surface area (TPSA) is 44.0 Å². The highest BCUT2D eigenvalue weighted by Gasteiger charge is 2.27. The maximum absolute atomic E-state index is 4.41. The van der Waals surface area contributed by atoms with Crippen molar-refractivity contribution in [1.82, 2.24) is 10.3 Å². The van der Waals surface area contributed by atoms with Crippen LogP contribution >= 0.6 is 0 Å². The lowest BCUT2D eigenvalue weighted by Crippen LogP contribution is -2.38. The van der Waals surface area contributed by atoms with Crippen molar-refractivity contribution in [2.45, 2.75) is 26.8 Å². The van der Waals surface area contributed by atoms with Gasteiger partial charge in [0.25, 0.3) is 0 Å². The average Bonchev–Trinajstić information content (AvgIpc) is 2.45. The Morgan fingerprint density at radius 3 is 2.77 bits per heavy atom. The molecule has 68 valence electrons. The van der Waals surface area contributed by atoms with E-state index in [1.807, 2.05) is 6.07 Å². The van der Waals surface area contributed by atoms with Gasteiger partial charge in [0.1, 0.15) is 6.04 Å². The first-order valence-electron chi connectivity index (χ1n) is 4.37. The fourth-order valence-corrected chi connectivity index (χ4v) is 1.25. The Bertz CT molecular complexity index is 395. The molecule has 0 fully saturated rings. The molecule has 13 heavy (non-hydrogen) atoms. The molecule has 1 aliphatic rings. The summed E-state index contributed by atoms with van der Waals surface area (Å²) in [6.07, 6.45) is 3.80. The maximum Gasteiger partial charge on any atom is 0.183 e. The van der Waals surface area contributed by atoms with E-state index in [1.54, 1.807) is 10.7 Å². The van der Waals surface area contributed by atoms with E-state index in [0.29, 0.717) is 0 Å². The van der Waals surface area contributed by atoms with Gasteiger partial charge in [-0.3, -0.25) is 0 Å². The third kappa shape index (κ3) is 1.43. The molecule has 2 rings (SSSR count). The van der Waals surface area contributed by atoms with Gasteiger partial charge in [-0.2, -0.15) is 0 Å². The van der Waals surface area contributed by atoms with Crippen LogP contribution in [0.2, 0.25) is 0 Å². The highest BCUT2D eigenvalue weighted by molar-refractivity contribution is 5.28. The van der Waals surface area contributed by atoms with Crippen LogP contribution < -0.4 is 9.83 Å². The normalized spacial score (nSPS) is 20.4. The van der Waals surface area contributed by atoms with Gasteiger partial charge in [-0.1, -0.05) is 25.9 Å². The number of rotatable bonds is 0. The van der Waals surface area contributed by atoms with E-state index in [0.717, 1.165) is 5.35 Å². The first kappa shape index (κ1) is 8.29. The molecule has 0 aromatic carbocycles. The average molecular weight is 177 g/mol. The Morgan fingerprint density at radius 2 is 2.15 bits per heavy atom. The Labute approximate surface area is 76.6 Å². The predicted octanol–water partition coefficient (Wildman–Crippen LogP) is 0.00460. The lowest BCUT2D eigenvalue weighted by Gasteiger charge is -2.19. The number of aromatic nitrogens is 3. The number of fused-ring (bicyclic) bond motifs is 1. The Morgan fingerprint density at radius 1 is 1.38 bits per heavy atom. The fraction of sp³-hybridized carbons (Fsp3) is 0.556. The van der Waals surface area contributed by atoms with Gasteiger partial charge in [0.05, 0.1) is 5.10 Å². The zero-order valence-corrected chi connectivity index (χ0v) is 8.10.